The summed E-state index contributed by atoms with van der Waals surface area (Å²) in [6.07, 6.45) is -4.52. The van der Waals surface area contributed by atoms with Gasteiger partial charge in [-0.2, -0.15) is 18.3 Å². The minimum Gasteiger partial charge on any atom is -0.491 e. The number of aliphatic hydroxyl groups is 1. The zero-order valence-corrected chi connectivity index (χ0v) is 26.1. The van der Waals surface area contributed by atoms with E-state index in [2.05, 4.69) is 21.0 Å². The molecule has 0 radical (unpaired) electrons. The van der Waals surface area contributed by atoms with E-state index >= 15 is 0 Å². The number of aliphatic hydroxyl groups excluding tert-OH is 1. The van der Waals surface area contributed by atoms with Gasteiger partial charge in [0, 0.05) is 27.3 Å². The van der Waals surface area contributed by atoms with Crippen LogP contribution in [-0.2, 0) is 19.1 Å². The van der Waals surface area contributed by atoms with Gasteiger partial charge in [0.25, 0.3) is 11.5 Å². The Kier molecular flexibility index (Phi) is 8.72. The predicted molar refractivity (Wildman–Crippen MR) is 160 cm³/mol. The Balaban J connectivity index is 1.56. The number of amides is 1. The molecule has 0 saturated carbocycles. The van der Waals surface area contributed by atoms with Gasteiger partial charge in [-0.1, -0.05) is 22.9 Å². The van der Waals surface area contributed by atoms with E-state index in [0.29, 0.717) is 34.8 Å². The quantitative estimate of drug-likeness (QED) is 0.276. The first-order valence-corrected chi connectivity index (χ1v) is 14.8. The Morgan fingerprint density at radius 1 is 1.16 bits per heavy atom. The predicted octanol–water partition coefficient (Wildman–Crippen LogP) is 5.55. The number of rotatable bonds is 7. The Hall–Kier alpha value is -3.97. The lowest BCUT2D eigenvalue weighted by molar-refractivity contribution is -0.138. The highest BCUT2D eigenvalue weighted by Crippen LogP contribution is 2.36. The molecule has 2 aromatic carbocycles. The van der Waals surface area contributed by atoms with Crippen LogP contribution in [0.4, 0.5) is 13.2 Å². The Morgan fingerprint density at radius 3 is 2.48 bits per heavy atom. The molecule has 44 heavy (non-hydrogen) atoms. The van der Waals surface area contributed by atoms with Crippen molar-refractivity contribution >= 4 is 21.8 Å². The molecule has 4 aromatic rings. The van der Waals surface area contributed by atoms with E-state index in [-0.39, 0.29) is 41.1 Å². The topological polar surface area (TPSA) is 102 Å². The second-order valence-electron chi connectivity index (χ2n) is 10.9. The number of alkyl halides is 3. The van der Waals surface area contributed by atoms with Crippen molar-refractivity contribution in [2.45, 2.75) is 65.4 Å². The molecule has 3 heterocycles. The van der Waals surface area contributed by atoms with Crippen molar-refractivity contribution in [1.29, 1.82) is 0 Å². The first-order valence-electron chi connectivity index (χ1n) is 14.1. The van der Waals surface area contributed by atoms with Gasteiger partial charge in [0.15, 0.2) is 0 Å². The summed E-state index contributed by atoms with van der Waals surface area (Å²) in [6, 6.07) is 11.6. The lowest BCUT2D eigenvalue weighted by atomic mass is 9.98. The first kappa shape index (κ1) is 31.5. The number of fused-ring (bicyclic) bond motifs is 1. The average Bonchev–Trinajstić information content (AvgIpc) is 3.32. The molecule has 1 aliphatic rings. The molecule has 5 rings (SSSR count). The van der Waals surface area contributed by atoms with Gasteiger partial charge in [0.05, 0.1) is 35.3 Å². The number of carbonyl (C=O) groups excluding carboxylic acids is 1. The van der Waals surface area contributed by atoms with Crippen molar-refractivity contribution in [1.82, 2.24) is 24.2 Å². The van der Waals surface area contributed by atoms with Crippen LogP contribution in [-0.4, -0.2) is 54.0 Å². The number of ether oxygens (including phenoxy) is 1. The summed E-state index contributed by atoms with van der Waals surface area (Å²) >= 11 is 2.92. The molecule has 13 heteroatoms. The Labute approximate surface area is 260 Å². The SMILES string of the molecule is CC[C@H](O)COc1ccc(-n2c(-n3nc(C)cc3C)nc3c(c2=O)C[C@@H](C)N(C(=O)c2ccc(Br)c(C(F)(F)F)c2)C3)cc1. The molecule has 0 fully saturated rings. The number of benzene rings is 2. The monoisotopic (exact) mass is 673 g/mol. The third kappa shape index (κ3) is 6.16. The summed E-state index contributed by atoms with van der Waals surface area (Å²) in [5, 5.41) is 14.4. The molecule has 0 saturated heterocycles. The molecule has 0 unspecified atom stereocenters. The zero-order valence-electron chi connectivity index (χ0n) is 24.5. The fraction of sp³-hybridized carbons (Fsp3) is 0.355. The summed E-state index contributed by atoms with van der Waals surface area (Å²) in [5.74, 6) is 0.139. The van der Waals surface area contributed by atoms with Crippen molar-refractivity contribution in [2.24, 2.45) is 0 Å². The van der Waals surface area contributed by atoms with Crippen LogP contribution in [0, 0.1) is 13.8 Å². The molecular formula is C31H31BrF3N5O4. The van der Waals surface area contributed by atoms with Crippen LogP contribution < -0.4 is 10.3 Å². The number of hydrogen-bond donors (Lipinski definition) is 1. The van der Waals surface area contributed by atoms with Gasteiger partial charge in [-0.3, -0.25) is 9.59 Å². The maximum absolute atomic E-state index is 14.1. The van der Waals surface area contributed by atoms with Crippen molar-refractivity contribution in [3.63, 3.8) is 0 Å². The fourth-order valence-electron chi connectivity index (χ4n) is 5.17. The summed E-state index contributed by atoms with van der Waals surface area (Å²) in [6.45, 7) is 7.32. The lowest BCUT2D eigenvalue weighted by Crippen LogP contribution is -2.46. The van der Waals surface area contributed by atoms with Crippen LogP contribution in [0.15, 0.2) is 57.8 Å². The lowest BCUT2D eigenvalue weighted by Gasteiger charge is -2.34. The van der Waals surface area contributed by atoms with Crippen LogP contribution in [0.5, 0.6) is 5.75 Å². The maximum Gasteiger partial charge on any atom is 0.417 e. The highest BCUT2D eigenvalue weighted by atomic mass is 79.9. The van der Waals surface area contributed by atoms with Gasteiger partial charge in [-0.25, -0.2) is 14.2 Å². The normalized spacial score (nSPS) is 15.7. The third-order valence-electron chi connectivity index (χ3n) is 7.58. The molecular weight excluding hydrogens is 643 g/mol. The third-order valence-corrected chi connectivity index (χ3v) is 8.27. The highest BCUT2D eigenvalue weighted by molar-refractivity contribution is 9.10. The van der Waals surface area contributed by atoms with Crippen LogP contribution in [0.25, 0.3) is 11.6 Å². The van der Waals surface area contributed by atoms with Crippen molar-refractivity contribution in [3.05, 3.63) is 97.1 Å². The number of carbonyl (C=O) groups is 1. The number of aryl methyl sites for hydroxylation is 2. The Bertz CT molecular complexity index is 1770. The smallest absolute Gasteiger partial charge is 0.417 e. The largest absolute Gasteiger partial charge is 0.491 e. The average molecular weight is 675 g/mol. The van der Waals surface area contributed by atoms with Crippen molar-refractivity contribution in [3.8, 4) is 17.4 Å². The van der Waals surface area contributed by atoms with E-state index in [4.69, 9.17) is 9.72 Å². The van der Waals surface area contributed by atoms with Crippen molar-refractivity contribution in [2.75, 3.05) is 6.61 Å². The molecule has 2 aromatic heterocycles. The molecule has 9 nitrogen and oxygen atoms in total. The maximum atomic E-state index is 14.1. The zero-order chi connectivity index (χ0) is 31.9. The molecule has 2 atom stereocenters. The van der Waals surface area contributed by atoms with Gasteiger partial charge in [0.1, 0.15) is 12.4 Å². The Morgan fingerprint density at radius 2 is 1.86 bits per heavy atom. The summed E-state index contributed by atoms with van der Waals surface area (Å²) in [7, 11) is 0. The highest BCUT2D eigenvalue weighted by Gasteiger charge is 2.36. The molecule has 0 spiro atoms. The second-order valence-corrected chi connectivity index (χ2v) is 11.7. The minimum atomic E-state index is -4.64. The standard InChI is InChI=1S/C31H31BrF3N5O4/c1-5-22(41)16-44-23-9-7-21(8-10-23)39-29(43)24-13-18(3)38(15-27(24)36-30(39)40-19(4)12-17(2)37-40)28(42)20-6-11-26(32)25(14-20)31(33,34)35/h6-12,14,18,22,41H,5,13,15-16H2,1-4H3/t18-,22+/m1/s1. The summed E-state index contributed by atoms with van der Waals surface area (Å²) in [4.78, 5) is 33.9. The summed E-state index contributed by atoms with van der Waals surface area (Å²) in [5.41, 5.74) is 1.30. The van der Waals surface area contributed by atoms with Gasteiger partial charge in [-0.05, 0) is 82.1 Å². The van der Waals surface area contributed by atoms with E-state index in [1.165, 1.54) is 21.6 Å². The second kappa shape index (κ2) is 12.2. The van der Waals surface area contributed by atoms with Crippen LogP contribution in [0.2, 0.25) is 0 Å². The molecule has 1 N–H and O–H groups in total. The number of nitrogens with zero attached hydrogens (tertiary/aromatic N) is 5. The first-order chi connectivity index (χ1) is 20.8. The van der Waals surface area contributed by atoms with E-state index in [1.807, 2.05) is 26.8 Å². The van der Waals surface area contributed by atoms with Gasteiger partial charge < -0.3 is 14.7 Å². The molecule has 232 valence electrons. The van der Waals surface area contributed by atoms with Crippen LogP contribution >= 0.6 is 15.9 Å². The summed E-state index contributed by atoms with van der Waals surface area (Å²) < 4.78 is 49.1. The van der Waals surface area contributed by atoms with Gasteiger partial charge >= 0.3 is 6.18 Å². The number of aromatic nitrogens is 4. The minimum absolute atomic E-state index is 0.0678. The van der Waals surface area contributed by atoms with Gasteiger partial charge in [0.2, 0.25) is 5.95 Å². The molecule has 1 aliphatic heterocycles. The molecule has 0 bridgehead atoms. The fourth-order valence-corrected chi connectivity index (χ4v) is 5.64. The van der Waals surface area contributed by atoms with E-state index in [0.717, 1.165) is 11.8 Å². The number of hydrogen-bond acceptors (Lipinski definition) is 6. The van der Waals surface area contributed by atoms with Crippen molar-refractivity contribution < 1.29 is 27.8 Å². The van der Waals surface area contributed by atoms with E-state index in [1.54, 1.807) is 35.9 Å². The molecule has 0 aliphatic carbocycles. The van der Waals surface area contributed by atoms with Crippen LogP contribution in [0.3, 0.4) is 0 Å². The molecule has 1 amide bonds. The van der Waals surface area contributed by atoms with E-state index in [9.17, 15) is 27.9 Å². The number of halogens is 4. The van der Waals surface area contributed by atoms with Gasteiger partial charge in [-0.15, -0.1) is 0 Å². The van der Waals surface area contributed by atoms with Crippen LogP contribution in [0.1, 0.15) is 58.8 Å². The van der Waals surface area contributed by atoms with E-state index < -0.39 is 29.8 Å².